The van der Waals surface area contributed by atoms with Gasteiger partial charge in [-0.1, -0.05) is 10.9 Å². The van der Waals surface area contributed by atoms with Crippen molar-refractivity contribution in [2.75, 3.05) is 0 Å². The zero-order valence-electron chi connectivity index (χ0n) is 25.6. The van der Waals surface area contributed by atoms with E-state index in [4.69, 9.17) is 0 Å². The average Bonchev–Trinajstić information content (AvgIpc) is 3.51. The van der Waals surface area contributed by atoms with Crippen LogP contribution in [-0.4, -0.2) is 83.0 Å². The summed E-state index contributed by atoms with van der Waals surface area (Å²) in [5.74, 6) is 0.637. The second-order valence-electron chi connectivity index (χ2n) is 11.9. The van der Waals surface area contributed by atoms with Crippen molar-refractivity contribution in [1.82, 2.24) is 4.98 Å². The number of aromatic amines is 1. The third-order valence-electron chi connectivity index (χ3n) is 9.19. The zero-order chi connectivity index (χ0) is 30.2. The van der Waals surface area contributed by atoms with Gasteiger partial charge in [0.2, 0.25) is 0 Å². The molecule has 2 aromatic heterocycles. The molecule has 0 bridgehead atoms. The minimum atomic E-state index is 0.274. The molecule has 3 N–H and O–H groups in total. The van der Waals surface area contributed by atoms with Crippen molar-refractivity contribution < 1.29 is 10.2 Å². The molecule has 0 amide bonds. The van der Waals surface area contributed by atoms with Gasteiger partial charge in [0.25, 0.3) is 0 Å². The fourth-order valence-electron chi connectivity index (χ4n) is 6.22. The molecule has 0 aliphatic carbocycles. The fourth-order valence-corrected chi connectivity index (χ4v) is 7.32. The summed E-state index contributed by atoms with van der Waals surface area (Å²) < 4.78 is 2.43. The molecule has 6 aromatic rings. The van der Waals surface area contributed by atoms with E-state index in [0.29, 0.717) is 5.75 Å². The SMILES string of the molecule is B=C(B)/C(=C(O)\C(B)=C(\B)C)c1ccc2[nH]c3ccc4sc5ccc(-c6c(B)c(B)c(B)c(B)c6O)cc5c4c3c2c1. The van der Waals surface area contributed by atoms with E-state index < -0.39 is 0 Å². The molecule has 0 aliphatic rings. The molecule has 12 heteroatoms. The summed E-state index contributed by atoms with van der Waals surface area (Å²) >= 11 is 1.79. The molecule has 0 fully saturated rings. The quantitative estimate of drug-likeness (QED) is 0.129. The normalized spacial score (nSPS) is 13.1. The van der Waals surface area contributed by atoms with Crippen molar-refractivity contribution >= 4 is 149 Å². The molecule has 6 rings (SSSR count). The second kappa shape index (κ2) is 10.3. The monoisotopic (exact) mass is 555 g/mol. The zero-order valence-corrected chi connectivity index (χ0v) is 26.4. The van der Waals surface area contributed by atoms with Crippen molar-refractivity contribution in [2.45, 2.75) is 6.92 Å². The number of aliphatic hydroxyl groups excluding tert-OH is 1. The molecule has 2 heterocycles. The van der Waals surface area contributed by atoms with Crippen molar-refractivity contribution in [3.05, 3.63) is 70.8 Å². The molecule has 3 nitrogen and oxygen atoms in total. The predicted octanol–water partition coefficient (Wildman–Crippen LogP) is -2.47. The van der Waals surface area contributed by atoms with Crippen LogP contribution in [-0.2, 0) is 0 Å². The predicted molar refractivity (Wildman–Crippen MR) is 209 cm³/mol. The number of H-pyrrole nitrogens is 1. The first kappa shape index (κ1) is 28.5. The van der Waals surface area contributed by atoms with Crippen LogP contribution in [0, 0.1) is 0 Å². The summed E-state index contributed by atoms with van der Waals surface area (Å²) in [5.41, 5.74) is 12.1. The fraction of sp³-hybridized carbons (Fsp3) is 0.0333. The maximum absolute atomic E-state index is 11.3. The first-order chi connectivity index (χ1) is 19.9. The first-order valence-electron chi connectivity index (χ1n) is 14.3. The number of aromatic nitrogens is 1. The summed E-state index contributed by atoms with van der Waals surface area (Å²) in [5, 5.41) is 28.0. The van der Waals surface area contributed by atoms with Crippen LogP contribution in [0.25, 0.3) is 58.7 Å². The number of allylic oxidation sites excluding steroid dienone is 3. The van der Waals surface area contributed by atoms with E-state index in [1.807, 2.05) is 38.3 Å². The van der Waals surface area contributed by atoms with Gasteiger partial charge in [0.1, 0.15) is 31.4 Å². The molecular formula is C30H29B8NO2S. The van der Waals surface area contributed by atoms with E-state index >= 15 is 0 Å². The number of fused-ring (bicyclic) bond motifs is 7. The van der Waals surface area contributed by atoms with Crippen LogP contribution in [0.3, 0.4) is 0 Å². The van der Waals surface area contributed by atoms with Crippen molar-refractivity contribution in [1.29, 1.82) is 0 Å². The number of phenols is 1. The van der Waals surface area contributed by atoms with E-state index in [1.54, 1.807) is 11.3 Å². The van der Waals surface area contributed by atoms with Gasteiger partial charge in [-0.05, 0) is 0 Å². The molecule has 0 radical (unpaired) electrons. The van der Waals surface area contributed by atoms with Crippen LogP contribution < -0.4 is 21.9 Å². The van der Waals surface area contributed by atoms with Crippen molar-refractivity contribution in [3.8, 4) is 16.9 Å². The minimum absolute atomic E-state index is 0.274. The van der Waals surface area contributed by atoms with Crippen LogP contribution in [0.15, 0.2) is 65.2 Å². The Morgan fingerprint density at radius 2 is 1.45 bits per heavy atom. The molecule has 0 spiro atoms. The second-order valence-corrected chi connectivity index (χ2v) is 13.0. The number of hydrogen-bond donors (Lipinski definition) is 3. The molecular weight excluding hydrogens is 525 g/mol. The van der Waals surface area contributed by atoms with Gasteiger partial charge in [0.05, 0.1) is 0 Å². The molecule has 0 saturated carbocycles. The Kier molecular flexibility index (Phi) is 6.97. The average molecular weight is 554 g/mol. The van der Waals surface area contributed by atoms with Crippen molar-refractivity contribution in [3.63, 3.8) is 0 Å². The first-order valence-corrected chi connectivity index (χ1v) is 15.2. The van der Waals surface area contributed by atoms with Gasteiger partial charge in [-0.2, -0.15) is 0 Å². The maximum atomic E-state index is 11.3. The van der Waals surface area contributed by atoms with Crippen LogP contribution >= 0.6 is 11.3 Å². The van der Waals surface area contributed by atoms with Crippen LogP contribution in [0.4, 0.5) is 0 Å². The van der Waals surface area contributed by atoms with Gasteiger partial charge in [-0.25, -0.2) is 0 Å². The third-order valence-corrected chi connectivity index (χ3v) is 10.3. The van der Waals surface area contributed by atoms with Gasteiger partial charge in [-0.3, -0.25) is 0 Å². The number of benzene rings is 4. The third kappa shape index (κ3) is 4.26. The topological polar surface area (TPSA) is 56.2 Å². The Balaban J connectivity index is 1.68. The van der Waals surface area contributed by atoms with E-state index in [0.717, 1.165) is 71.4 Å². The molecule has 4 aromatic carbocycles. The van der Waals surface area contributed by atoms with Gasteiger partial charge >= 0.3 is 205 Å². The standard InChI is InChI=1S/C30H29B8NO2S/c1-10(31)23(32)29(41)20(30(37)38)12-2-4-15-13(8-12)21-16(39-15)5-7-18-22(21)14-9-11(3-6-17(14)42-18)19-24(33)25(34)26(35)27(36)28(19)40/h2-9,37,39-41H,31-36,38H2,1H3/b23-10-,29-20+. The number of nitrogens with one attached hydrogen (secondary N) is 1. The summed E-state index contributed by atoms with van der Waals surface area (Å²) in [6.45, 7) is 2.01. The summed E-state index contributed by atoms with van der Waals surface area (Å²) in [4.78, 5) is 3.63. The Hall–Kier alpha value is -3.63. The Morgan fingerprint density at radius 3 is 2.14 bits per heavy atom. The van der Waals surface area contributed by atoms with Crippen LogP contribution in [0.1, 0.15) is 12.5 Å². The van der Waals surface area contributed by atoms with Gasteiger partial charge in [-0.15, -0.1) is 5.46 Å². The number of hydrogen-bond acceptors (Lipinski definition) is 3. The van der Waals surface area contributed by atoms with Gasteiger partial charge < -0.3 is 5.11 Å². The molecule has 196 valence electrons. The van der Waals surface area contributed by atoms with E-state index in [-0.39, 0.29) is 5.76 Å². The number of thiophene rings is 1. The van der Waals surface area contributed by atoms with Crippen LogP contribution in [0.2, 0.25) is 0 Å². The van der Waals surface area contributed by atoms with Gasteiger partial charge in [0.15, 0.2) is 0 Å². The number of aliphatic hydroxyl groups is 1. The van der Waals surface area contributed by atoms with E-state index in [1.165, 1.54) is 31.0 Å². The summed E-state index contributed by atoms with van der Waals surface area (Å²) in [6, 6.07) is 17.3. The number of aromatic hydroxyl groups is 1. The molecule has 0 atom stereocenters. The number of rotatable bonds is 4. The Morgan fingerprint density at radius 1 is 0.786 bits per heavy atom. The van der Waals surface area contributed by atoms with E-state index in [9.17, 15) is 10.2 Å². The Bertz CT molecular complexity index is 2190. The Labute approximate surface area is 257 Å². The molecule has 0 saturated heterocycles. The molecule has 0 unspecified atom stereocenters. The number of phenolic OH excluding ortho intramolecular Hbond substituents is 1. The van der Waals surface area contributed by atoms with Crippen molar-refractivity contribution in [2.24, 2.45) is 0 Å². The van der Waals surface area contributed by atoms with E-state index in [2.05, 4.69) is 84.5 Å². The van der Waals surface area contributed by atoms with Crippen LogP contribution in [0.5, 0.6) is 5.75 Å². The summed E-state index contributed by atoms with van der Waals surface area (Å²) in [6.07, 6.45) is 0. The van der Waals surface area contributed by atoms with Gasteiger partial charge in [0, 0.05) is 0 Å². The summed E-state index contributed by atoms with van der Waals surface area (Å²) in [7, 11) is 18.4. The molecule has 42 heavy (non-hydrogen) atoms. The molecule has 0 aliphatic heterocycles.